The summed E-state index contributed by atoms with van der Waals surface area (Å²) in [6, 6.07) is 11.6. The van der Waals surface area contributed by atoms with Crippen LogP contribution in [0.25, 0.3) is 22.4 Å². The molecular formula is C16H10N2O4S2. The normalized spacial score (nSPS) is 11.7. The minimum absolute atomic E-state index is 0.0924. The van der Waals surface area contributed by atoms with Gasteiger partial charge in [-0.1, -0.05) is 24.3 Å². The monoisotopic (exact) mass is 358 g/mol. The molecule has 3 rings (SSSR count). The summed E-state index contributed by atoms with van der Waals surface area (Å²) in [4.78, 5) is 17.7. The molecule has 0 radical (unpaired) electrons. The molecule has 0 saturated carbocycles. The molecule has 120 valence electrons. The number of nitrogens with zero attached hydrogens (tertiary/aromatic N) is 2. The minimum Gasteiger partial charge on any atom is -0.282 e. The molecule has 0 spiro atoms. The number of isocyanates is 1. The second kappa shape index (κ2) is 6.46. The first kappa shape index (κ1) is 16.2. The van der Waals surface area contributed by atoms with Crippen LogP contribution in [0.15, 0.2) is 52.4 Å². The van der Waals surface area contributed by atoms with E-state index in [0.29, 0.717) is 5.01 Å². The zero-order valence-electron chi connectivity index (χ0n) is 12.1. The highest BCUT2D eigenvalue weighted by Gasteiger charge is 2.15. The van der Waals surface area contributed by atoms with Crippen molar-refractivity contribution in [2.24, 2.45) is 4.99 Å². The summed E-state index contributed by atoms with van der Waals surface area (Å²) < 4.78 is 33.4. The third kappa shape index (κ3) is 3.47. The summed E-state index contributed by atoms with van der Waals surface area (Å²) in [5.74, 6) is 0. The van der Waals surface area contributed by atoms with Crippen LogP contribution in [-0.2, 0) is 14.9 Å². The zero-order chi connectivity index (χ0) is 17.2. The maximum atomic E-state index is 11.5. The lowest BCUT2D eigenvalue weighted by Gasteiger charge is -2.03. The average Bonchev–Trinajstić information content (AvgIpc) is 2.96. The van der Waals surface area contributed by atoms with E-state index in [1.165, 1.54) is 35.6 Å². The lowest BCUT2D eigenvalue weighted by atomic mass is 10.2. The highest BCUT2D eigenvalue weighted by Crippen LogP contribution is 2.26. The van der Waals surface area contributed by atoms with Gasteiger partial charge in [0.25, 0.3) is 10.1 Å². The van der Waals surface area contributed by atoms with Crippen LogP contribution >= 0.6 is 11.3 Å². The first-order chi connectivity index (χ1) is 11.5. The van der Waals surface area contributed by atoms with E-state index >= 15 is 0 Å². The van der Waals surface area contributed by atoms with E-state index in [1.807, 2.05) is 24.3 Å². The first-order valence-corrected chi connectivity index (χ1v) is 8.96. The molecule has 0 amide bonds. The summed E-state index contributed by atoms with van der Waals surface area (Å²) in [5.41, 5.74) is 1.21. The van der Waals surface area contributed by atoms with Crippen LogP contribution in [0.4, 0.5) is 5.69 Å². The smallest absolute Gasteiger partial charge is 0.282 e. The van der Waals surface area contributed by atoms with E-state index in [-0.39, 0.29) is 16.1 Å². The van der Waals surface area contributed by atoms with Gasteiger partial charge >= 0.3 is 0 Å². The van der Waals surface area contributed by atoms with Crippen LogP contribution < -0.4 is 0 Å². The van der Waals surface area contributed by atoms with E-state index in [4.69, 9.17) is 0 Å². The van der Waals surface area contributed by atoms with Crippen molar-refractivity contribution in [2.75, 3.05) is 0 Å². The summed E-state index contributed by atoms with van der Waals surface area (Å²) in [5, 5.41) is 0.701. The Morgan fingerprint density at radius 1 is 1.17 bits per heavy atom. The van der Waals surface area contributed by atoms with Crippen LogP contribution in [0, 0.1) is 0 Å². The van der Waals surface area contributed by atoms with Crippen molar-refractivity contribution in [3.8, 4) is 0 Å². The summed E-state index contributed by atoms with van der Waals surface area (Å²) in [7, 11) is -4.46. The van der Waals surface area contributed by atoms with Crippen LogP contribution in [0.5, 0.6) is 0 Å². The summed E-state index contributed by atoms with van der Waals surface area (Å²) >= 11 is 1.46. The van der Waals surface area contributed by atoms with Crippen LogP contribution in [0.2, 0.25) is 0 Å². The molecule has 8 heteroatoms. The SMILES string of the molecule is O=C=Nc1ccc(C=Cc2nc3ccccc3s2)c(S(=O)(=O)O)c1. The molecule has 3 aromatic rings. The summed E-state index contributed by atoms with van der Waals surface area (Å²) in [6.07, 6.45) is 4.53. The van der Waals surface area contributed by atoms with Gasteiger partial charge in [-0.25, -0.2) is 9.78 Å². The number of carbonyl (C=O) groups excluding carboxylic acids is 1. The molecule has 0 unspecified atom stereocenters. The zero-order valence-corrected chi connectivity index (χ0v) is 13.7. The quantitative estimate of drug-likeness (QED) is 0.436. The second-order valence-corrected chi connectivity index (χ2v) is 7.21. The number of thiazole rings is 1. The predicted molar refractivity (Wildman–Crippen MR) is 92.6 cm³/mol. The molecule has 6 nitrogen and oxygen atoms in total. The standard InChI is InChI=1S/C16H10N2O4S2/c19-10-17-12-7-5-11(15(9-12)24(20,21)22)6-8-16-18-13-3-1-2-4-14(13)23-16/h1-9H,(H,20,21,22). The number of aliphatic imine (C=N–C) groups is 1. The second-order valence-electron chi connectivity index (χ2n) is 4.75. The molecule has 0 aliphatic rings. The van der Waals surface area contributed by atoms with E-state index in [9.17, 15) is 17.8 Å². The number of hydrogen-bond donors (Lipinski definition) is 1. The lowest BCUT2D eigenvalue weighted by molar-refractivity contribution is 0.483. The Morgan fingerprint density at radius 2 is 1.96 bits per heavy atom. The van der Waals surface area contributed by atoms with E-state index in [1.54, 1.807) is 6.08 Å². The highest BCUT2D eigenvalue weighted by molar-refractivity contribution is 7.86. The molecular weight excluding hydrogens is 348 g/mol. The molecule has 0 fully saturated rings. The Hall–Kier alpha value is -2.64. The van der Waals surface area contributed by atoms with Crippen molar-refractivity contribution in [1.82, 2.24) is 4.98 Å². The Balaban J connectivity index is 2.03. The van der Waals surface area contributed by atoms with Crippen molar-refractivity contribution in [3.63, 3.8) is 0 Å². The van der Waals surface area contributed by atoms with Gasteiger partial charge in [-0.2, -0.15) is 13.4 Å². The Morgan fingerprint density at radius 3 is 2.67 bits per heavy atom. The van der Waals surface area contributed by atoms with Crippen LogP contribution in [0.3, 0.4) is 0 Å². The molecule has 0 aliphatic carbocycles. The van der Waals surface area contributed by atoms with Crippen LogP contribution in [-0.4, -0.2) is 24.0 Å². The third-order valence-electron chi connectivity index (χ3n) is 3.17. The topological polar surface area (TPSA) is 96.7 Å². The Kier molecular flexibility index (Phi) is 4.37. The van der Waals surface area contributed by atoms with Gasteiger partial charge in [0, 0.05) is 0 Å². The fourth-order valence-corrected chi connectivity index (χ4v) is 3.70. The van der Waals surface area contributed by atoms with Crippen molar-refractivity contribution >= 4 is 55.6 Å². The lowest BCUT2D eigenvalue weighted by Crippen LogP contribution is -2.00. The van der Waals surface area contributed by atoms with Gasteiger partial charge in [0.2, 0.25) is 6.08 Å². The summed E-state index contributed by atoms with van der Waals surface area (Å²) in [6.45, 7) is 0. The maximum absolute atomic E-state index is 11.5. The highest BCUT2D eigenvalue weighted by atomic mass is 32.2. The van der Waals surface area contributed by atoms with Crippen molar-refractivity contribution in [3.05, 3.63) is 53.0 Å². The first-order valence-electron chi connectivity index (χ1n) is 6.70. The molecule has 0 atom stereocenters. The van der Waals surface area contributed by atoms with Crippen molar-refractivity contribution in [1.29, 1.82) is 0 Å². The van der Waals surface area contributed by atoms with Crippen molar-refractivity contribution < 1.29 is 17.8 Å². The van der Waals surface area contributed by atoms with Gasteiger partial charge in [0.15, 0.2) is 0 Å². The molecule has 0 aliphatic heterocycles. The molecule has 1 heterocycles. The van der Waals surface area contributed by atoms with E-state index < -0.39 is 10.1 Å². The third-order valence-corrected chi connectivity index (χ3v) is 5.08. The predicted octanol–water partition coefficient (Wildman–Crippen LogP) is 3.68. The maximum Gasteiger partial charge on any atom is 0.295 e. The van der Waals surface area contributed by atoms with Gasteiger partial charge in [-0.05, 0) is 35.9 Å². The molecule has 0 bridgehead atoms. The average molecular weight is 358 g/mol. The van der Waals surface area contributed by atoms with E-state index in [0.717, 1.165) is 16.3 Å². The van der Waals surface area contributed by atoms with Crippen LogP contribution in [0.1, 0.15) is 10.6 Å². The largest absolute Gasteiger partial charge is 0.295 e. The number of benzene rings is 2. The Labute approximate surface area is 141 Å². The van der Waals surface area contributed by atoms with Crippen molar-refractivity contribution in [2.45, 2.75) is 4.90 Å². The molecule has 1 aromatic heterocycles. The molecule has 1 N–H and O–H groups in total. The Bertz CT molecular complexity index is 1060. The fraction of sp³-hybridized carbons (Fsp3) is 0. The van der Waals surface area contributed by atoms with Gasteiger partial charge in [0.05, 0.1) is 15.9 Å². The van der Waals surface area contributed by atoms with Gasteiger partial charge in [-0.15, -0.1) is 11.3 Å². The van der Waals surface area contributed by atoms with Gasteiger partial charge < -0.3 is 0 Å². The van der Waals surface area contributed by atoms with Gasteiger partial charge in [-0.3, -0.25) is 4.55 Å². The fourth-order valence-electron chi connectivity index (χ4n) is 2.13. The number of hydrogen-bond acceptors (Lipinski definition) is 6. The van der Waals surface area contributed by atoms with E-state index in [2.05, 4.69) is 9.98 Å². The molecule has 24 heavy (non-hydrogen) atoms. The minimum atomic E-state index is -4.46. The molecule has 2 aromatic carbocycles. The number of fused-ring (bicyclic) bond motifs is 1. The van der Waals surface area contributed by atoms with Gasteiger partial charge in [0.1, 0.15) is 9.90 Å². The number of aromatic nitrogens is 1. The molecule has 0 saturated heterocycles. The number of rotatable bonds is 4. The number of para-hydroxylation sites is 1.